The van der Waals surface area contributed by atoms with Gasteiger partial charge in [-0.3, -0.25) is 9.59 Å². The lowest BCUT2D eigenvalue weighted by molar-refractivity contribution is 0.0943. The third kappa shape index (κ3) is 6.29. The number of aromatic amines is 1. The van der Waals surface area contributed by atoms with Gasteiger partial charge in [-0.15, -0.1) is 0 Å². The van der Waals surface area contributed by atoms with E-state index in [4.69, 9.17) is 0 Å². The second-order valence-electron chi connectivity index (χ2n) is 10.4. The van der Waals surface area contributed by atoms with E-state index in [1.165, 1.54) is 24.0 Å². The Kier molecular flexibility index (Phi) is 8.47. The van der Waals surface area contributed by atoms with Crippen molar-refractivity contribution in [3.05, 3.63) is 107 Å². The quantitative estimate of drug-likeness (QED) is 0.221. The van der Waals surface area contributed by atoms with Gasteiger partial charge in [0.15, 0.2) is 11.6 Å². The molecule has 1 aromatic heterocycles. The molecule has 0 amide bonds. The van der Waals surface area contributed by atoms with Crippen molar-refractivity contribution in [2.45, 2.75) is 45.1 Å². The number of nitrogens with one attached hydrogen (secondary N) is 2. The summed E-state index contributed by atoms with van der Waals surface area (Å²) in [5, 5.41) is 4.36. The fourth-order valence-corrected chi connectivity index (χ4v) is 5.40. The molecule has 5 rings (SSSR count). The fourth-order valence-electron chi connectivity index (χ4n) is 5.40. The van der Waals surface area contributed by atoms with E-state index in [9.17, 15) is 9.59 Å². The molecule has 0 bridgehead atoms. The van der Waals surface area contributed by atoms with E-state index in [-0.39, 0.29) is 11.6 Å². The smallest absolute Gasteiger partial charge is 0.186 e. The number of benzene rings is 3. The van der Waals surface area contributed by atoms with E-state index in [1.807, 2.05) is 48.5 Å². The van der Waals surface area contributed by atoms with Crippen LogP contribution in [-0.4, -0.2) is 47.6 Å². The molecule has 38 heavy (non-hydrogen) atoms. The van der Waals surface area contributed by atoms with Crippen molar-refractivity contribution in [2.24, 2.45) is 0 Å². The minimum absolute atomic E-state index is 0.0241. The van der Waals surface area contributed by atoms with Crippen molar-refractivity contribution in [2.75, 3.05) is 26.2 Å². The Labute approximate surface area is 225 Å². The first-order valence-electron chi connectivity index (χ1n) is 13.8. The number of ketones is 2. The number of H-pyrrole nitrogens is 1. The molecule has 0 aliphatic carbocycles. The summed E-state index contributed by atoms with van der Waals surface area (Å²) in [5.74, 6) is 0.185. The lowest BCUT2D eigenvalue weighted by Gasteiger charge is -2.18. The van der Waals surface area contributed by atoms with Crippen molar-refractivity contribution in [3.8, 4) is 0 Å². The molecule has 3 aromatic carbocycles. The summed E-state index contributed by atoms with van der Waals surface area (Å²) in [5.41, 5.74) is 5.60. The number of aromatic nitrogens is 1. The predicted molar refractivity (Wildman–Crippen MR) is 154 cm³/mol. The first-order valence-corrected chi connectivity index (χ1v) is 13.8. The molecular weight excluding hydrogens is 470 g/mol. The van der Waals surface area contributed by atoms with Gasteiger partial charge in [-0.25, -0.2) is 0 Å². The molecule has 1 aliphatic heterocycles. The Morgan fingerprint density at radius 2 is 1.74 bits per heavy atom. The lowest BCUT2D eigenvalue weighted by atomic mass is 9.96. The highest BCUT2D eigenvalue weighted by Gasteiger charge is 2.24. The highest BCUT2D eigenvalue weighted by molar-refractivity contribution is 6.11. The van der Waals surface area contributed by atoms with Crippen LogP contribution in [0.4, 0.5) is 0 Å². The predicted octanol–water partition coefficient (Wildman–Crippen LogP) is 6.29. The summed E-state index contributed by atoms with van der Waals surface area (Å²) < 4.78 is 0. The molecule has 0 unspecified atom stereocenters. The molecule has 5 nitrogen and oxygen atoms in total. The molecule has 196 valence electrons. The number of likely N-dealkylation sites (tertiary alicyclic amines) is 1. The van der Waals surface area contributed by atoms with Gasteiger partial charge in [-0.2, -0.15) is 0 Å². The van der Waals surface area contributed by atoms with Crippen molar-refractivity contribution < 1.29 is 9.59 Å². The standard InChI is InChI=1S/C33H37N3O2/c1-24-11-13-25(14-12-24)17-18-34-32(26-8-3-2-4-9-26)33(38)29-23-35-30-22-27(15-16-28(29)30)31(37)10-7-21-36-19-5-6-20-36/h2-4,8-9,11-16,22-23,32,34-35H,5-7,10,17-21H2,1H3/t32-/m1/s1. The lowest BCUT2D eigenvalue weighted by Crippen LogP contribution is -2.30. The molecule has 2 N–H and O–H groups in total. The van der Waals surface area contributed by atoms with Crippen LogP contribution in [-0.2, 0) is 6.42 Å². The van der Waals surface area contributed by atoms with Crippen LogP contribution in [0.3, 0.4) is 0 Å². The highest BCUT2D eigenvalue weighted by Crippen LogP contribution is 2.26. The number of rotatable bonds is 12. The fraction of sp³-hybridized carbons (Fsp3) is 0.333. The zero-order valence-corrected chi connectivity index (χ0v) is 22.2. The van der Waals surface area contributed by atoms with Crippen molar-refractivity contribution in [1.82, 2.24) is 15.2 Å². The molecule has 2 heterocycles. The summed E-state index contributed by atoms with van der Waals surface area (Å²) in [6, 6.07) is 23.6. The molecule has 4 aromatic rings. The Hall–Kier alpha value is -3.54. The first kappa shape index (κ1) is 26.1. The molecular formula is C33H37N3O2. The van der Waals surface area contributed by atoms with Gasteiger partial charge in [0, 0.05) is 41.2 Å². The molecule has 1 atom stereocenters. The van der Waals surface area contributed by atoms with Gasteiger partial charge in [0.05, 0.1) is 6.04 Å². The van der Waals surface area contributed by atoms with Crippen LogP contribution in [0.1, 0.15) is 69.1 Å². The van der Waals surface area contributed by atoms with Crippen LogP contribution >= 0.6 is 0 Å². The second-order valence-corrected chi connectivity index (χ2v) is 10.4. The SMILES string of the molecule is Cc1ccc(CCN[C@@H](C(=O)c2c[nH]c3cc(C(=O)CCCN4CCCC4)ccc23)c2ccccc2)cc1. The maximum absolute atomic E-state index is 13.8. The largest absolute Gasteiger partial charge is 0.360 e. The Morgan fingerprint density at radius 1 is 0.974 bits per heavy atom. The molecule has 0 radical (unpaired) electrons. The number of carbonyl (C=O) groups excluding carboxylic acids is 2. The van der Waals surface area contributed by atoms with Gasteiger partial charge < -0.3 is 15.2 Å². The maximum atomic E-state index is 13.8. The van der Waals surface area contributed by atoms with Gasteiger partial charge >= 0.3 is 0 Å². The molecule has 1 saturated heterocycles. The molecule has 0 saturated carbocycles. The molecule has 1 aliphatic rings. The Morgan fingerprint density at radius 3 is 2.50 bits per heavy atom. The van der Waals surface area contributed by atoms with Crippen LogP contribution in [0, 0.1) is 6.92 Å². The third-order valence-electron chi connectivity index (χ3n) is 7.62. The average molecular weight is 508 g/mol. The number of hydrogen-bond donors (Lipinski definition) is 2. The van der Waals surface area contributed by atoms with E-state index < -0.39 is 6.04 Å². The normalized spacial score (nSPS) is 14.7. The number of nitrogens with zero attached hydrogens (tertiary/aromatic N) is 1. The van der Waals surface area contributed by atoms with Gasteiger partial charge in [0.1, 0.15) is 0 Å². The van der Waals surface area contributed by atoms with Gasteiger partial charge in [0.2, 0.25) is 0 Å². The molecule has 5 heteroatoms. The van der Waals surface area contributed by atoms with Gasteiger partial charge in [-0.05, 0) is 69.4 Å². The van der Waals surface area contributed by atoms with E-state index in [1.54, 1.807) is 6.20 Å². The van der Waals surface area contributed by atoms with Gasteiger partial charge in [0.25, 0.3) is 0 Å². The second kappa shape index (κ2) is 12.3. The maximum Gasteiger partial charge on any atom is 0.186 e. The number of carbonyl (C=O) groups is 2. The zero-order chi connectivity index (χ0) is 26.3. The topological polar surface area (TPSA) is 65.2 Å². The zero-order valence-electron chi connectivity index (χ0n) is 22.2. The minimum Gasteiger partial charge on any atom is -0.360 e. The van der Waals surface area contributed by atoms with Crippen LogP contribution in [0.25, 0.3) is 10.9 Å². The summed E-state index contributed by atoms with van der Waals surface area (Å²) in [6.07, 6.45) is 6.60. The van der Waals surface area contributed by atoms with Crippen LogP contribution in [0.15, 0.2) is 79.0 Å². The highest BCUT2D eigenvalue weighted by atomic mass is 16.1. The number of aryl methyl sites for hydroxylation is 1. The monoisotopic (exact) mass is 507 g/mol. The molecule has 1 fully saturated rings. The van der Waals surface area contributed by atoms with E-state index in [2.05, 4.69) is 46.4 Å². The van der Waals surface area contributed by atoms with Crippen molar-refractivity contribution in [1.29, 1.82) is 0 Å². The van der Waals surface area contributed by atoms with Crippen LogP contribution < -0.4 is 5.32 Å². The average Bonchev–Trinajstić information content (AvgIpc) is 3.62. The van der Waals surface area contributed by atoms with E-state index >= 15 is 0 Å². The Balaban J connectivity index is 1.28. The van der Waals surface area contributed by atoms with Crippen LogP contribution in [0.2, 0.25) is 0 Å². The van der Waals surface area contributed by atoms with Crippen molar-refractivity contribution >= 4 is 22.5 Å². The Bertz CT molecular complexity index is 1370. The summed E-state index contributed by atoms with van der Waals surface area (Å²) in [6.45, 7) is 6.08. The van der Waals surface area contributed by atoms with E-state index in [0.29, 0.717) is 24.1 Å². The third-order valence-corrected chi connectivity index (χ3v) is 7.62. The minimum atomic E-state index is -0.451. The van der Waals surface area contributed by atoms with Gasteiger partial charge in [-0.1, -0.05) is 72.3 Å². The number of hydrogen-bond acceptors (Lipinski definition) is 4. The summed E-state index contributed by atoms with van der Waals surface area (Å²) in [4.78, 5) is 32.4. The van der Waals surface area contributed by atoms with E-state index in [0.717, 1.165) is 48.9 Å². The summed E-state index contributed by atoms with van der Waals surface area (Å²) in [7, 11) is 0. The van der Waals surface area contributed by atoms with Crippen LogP contribution in [0.5, 0.6) is 0 Å². The number of Topliss-reactive ketones (excluding diaryl/α,β-unsaturated/α-hetero) is 2. The number of fused-ring (bicyclic) bond motifs is 1. The summed E-state index contributed by atoms with van der Waals surface area (Å²) >= 11 is 0. The molecule has 0 spiro atoms. The van der Waals surface area contributed by atoms with Crippen molar-refractivity contribution in [3.63, 3.8) is 0 Å². The first-order chi connectivity index (χ1) is 18.6.